The Labute approximate surface area is 114 Å². The maximum absolute atomic E-state index is 5.57. The lowest BCUT2D eigenvalue weighted by Gasteiger charge is -2.41. The van der Waals surface area contributed by atoms with E-state index in [-0.39, 0.29) is 0 Å². The molecule has 3 rings (SSSR count). The first-order chi connectivity index (χ1) is 9.39. The Morgan fingerprint density at radius 1 is 0.789 bits per heavy atom. The Hall–Kier alpha value is -1.64. The summed E-state index contributed by atoms with van der Waals surface area (Å²) in [6, 6.07) is 21.6. The quantitative estimate of drug-likeness (QED) is 0.764. The van der Waals surface area contributed by atoms with Gasteiger partial charge < -0.3 is 4.74 Å². The van der Waals surface area contributed by atoms with Crippen molar-refractivity contribution in [3.8, 4) is 0 Å². The molecule has 1 fully saturated rings. The van der Waals surface area contributed by atoms with E-state index in [1.165, 1.54) is 11.3 Å². The zero-order valence-electron chi connectivity index (χ0n) is 11.2. The SMILES string of the molecule is c1ccc(C[N+]2(c3ccccc3)CCOCC2)cc1. The van der Waals surface area contributed by atoms with Crippen LogP contribution in [0.25, 0.3) is 0 Å². The molecule has 1 aliphatic rings. The molecular weight excluding hydrogens is 234 g/mol. The molecule has 0 bridgehead atoms. The molecule has 19 heavy (non-hydrogen) atoms. The minimum atomic E-state index is 0.849. The van der Waals surface area contributed by atoms with Gasteiger partial charge in [0, 0.05) is 5.56 Å². The number of ether oxygens (including phenoxy) is 1. The summed E-state index contributed by atoms with van der Waals surface area (Å²) in [5, 5.41) is 0. The van der Waals surface area contributed by atoms with Gasteiger partial charge in [0.2, 0.25) is 0 Å². The summed E-state index contributed by atoms with van der Waals surface area (Å²) in [5.74, 6) is 0. The summed E-state index contributed by atoms with van der Waals surface area (Å²) in [6.07, 6.45) is 0. The molecule has 1 heterocycles. The summed E-state index contributed by atoms with van der Waals surface area (Å²) in [4.78, 5) is 0. The number of rotatable bonds is 3. The fourth-order valence-corrected chi connectivity index (χ4v) is 2.88. The van der Waals surface area contributed by atoms with Gasteiger partial charge in [0.25, 0.3) is 0 Å². The normalized spacial score (nSPS) is 18.1. The van der Waals surface area contributed by atoms with E-state index < -0.39 is 0 Å². The van der Waals surface area contributed by atoms with Crippen LogP contribution in [0.15, 0.2) is 60.7 Å². The molecule has 0 saturated carbocycles. The zero-order chi connectivity index (χ0) is 13.0. The van der Waals surface area contributed by atoms with Crippen molar-refractivity contribution in [2.75, 3.05) is 26.3 Å². The highest BCUT2D eigenvalue weighted by atomic mass is 16.5. The third kappa shape index (κ3) is 2.70. The minimum Gasteiger partial charge on any atom is -0.370 e. The lowest BCUT2D eigenvalue weighted by Crippen LogP contribution is -2.55. The summed E-state index contributed by atoms with van der Waals surface area (Å²) in [5.41, 5.74) is 2.79. The second-order valence-corrected chi connectivity index (χ2v) is 5.18. The van der Waals surface area contributed by atoms with Gasteiger partial charge in [-0.2, -0.15) is 0 Å². The van der Waals surface area contributed by atoms with Crippen molar-refractivity contribution < 1.29 is 4.74 Å². The van der Waals surface area contributed by atoms with Crippen LogP contribution in [-0.4, -0.2) is 26.3 Å². The van der Waals surface area contributed by atoms with E-state index in [1.807, 2.05) is 0 Å². The minimum absolute atomic E-state index is 0.849. The summed E-state index contributed by atoms with van der Waals surface area (Å²) in [7, 11) is 0. The highest BCUT2D eigenvalue weighted by Gasteiger charge is 2.32. The molecule has 0 unspecified atom stereocenters. The number of quaternary nitrogens is 1. The van der Waals surface area contributed by atoms with Crippen LogP contribution in [0.5, 0.6) is 0 Å². The number of hydrogen-bond acceptors (Lipinski definition) is 1. The molecule has 2 nitrogen and oxygen atoms in total. The standard InChI is InChI=1S/C17H20NO/c1-3-7-16(8-4-1)15-18(11-13-19-14-12-18)17-9-5-2-6-10-17/h1-10H,11-15H2/q+1. The van der Waals surface area contributed by atoms with E-state index >= 15 is 0 Å². The van der Waals surface area contributed by atoms with Crippen LogP contribution in [0.4, 0.5) is 5.69 Å². The molecule has 0 radical (unpaired) electrons. The Kier molecular flexibility index (Phi) is 3.62. The molecular formula is C17H20NO+. The van der Waals surface area contributed by atoms with Gasteiger partial charge in [-0.15, -0.1) is 0 Å². The van der Waals surface area contributed by atoms with Crippen LogP contribution in [0.2, 0.25) is 0 Å². The predicted molar refractivity (Wildman–Crippen MR) is 78.9 cm³/mol. The molecule has 2 aromatic rings. The van der Waals surface area contributed by atoms with Gasteiger partial charge >= 0.3 is 0 Å². The number of para-hydroxylation sites is 1. The molecule has 1 aliphatic heterocycles. The number of morpholine rings is 1. The summed E-state index contributed by atoms with van der Waals surface area (Å²) < 4.78 is 6.57. The lowest BCUT2D eigenvalue weighted by atomic mass is 10.1. The highest BCUT2D eigenvalue weighted by molar-refractivity contribution is 5.43. The summed E-state index contributed by atoms with van der Waals surface area (Å²) in [6.45, 7) is 4.86. The number of nitrogens with zero attached hydrogens (tertiary/aromatic N) is 1. The van der Waals surface area contributed by atoms with Crippen molar-refractivity contribution in [2.24, 2.45) is 0 Å². The van der Waals surface area contributed by atoms with Crippen molar-refractivity contribution in [3.05, 3.63) is 66.2 Å². The smallest absolute Gasteiger partial charge is 0.133 e. The first-order valence-electron chi connectivity index (χ1n) is 6.92. The molecule has 2 aromatic carbocycles. The average Bonchev–Trinajstić information content (AvgIpc) is 2.50. The van der Waals surface area contributed by atoms with Crippen molar-refractivity contribution in [3.63, 3.8) is 0 Å². The molecule has 1 saturated heterocycles. The van der Waals surface area contributed by atoms with Gasteiger partial charge in [-0.3, -0.25) is 4.48 Å². The molecule has 0 aliphatic carbocycles. The van der Waals surface area contributed by atoms with Gasteiger partial charge in [0.15, 0.2) is 0 Å². The zero-order valence-corrected chi connectivity index (χ0v) is 11.2. The number of hydrogen-bond donors (Lipinski definition) is 0. The van der Waals surface area contributed by atoms with Crippen molar-refractivity contribution in [1.82, 2.24) is 4.48 Å². The fraction of sp³-hybridized carbons (Fsp3) is 0.294. The molecule has 0 aromatic heterocycles. The molecule has 0 spiro atoms. The lowest BCUT2D eigenvalue weighted by molar-refractivity contribution is 0.0371. The van der Waals surface area contributed by atoms with Crippen molar-refractivity contribution >= 4 is 5.69 Å². The molecule has 98 valence electrons. The van der Waals surface area contributed by atoms with Gasteiger partial charge in [-0.25, -0.2) is 0 Å². The fourth-order valence-electron chi connectivity index (χ4n) is 2.88. The largest absolute Gasteiger partial charge is 0.370 e. The monoisotopic (exact) mass is 254 g/mol. The van der Waals surface area contributed by atoms with Crippen LogP contribution in [0.3, 0.4) is 0 Å². The maximum atomic E-state index is 5.57. The van der Waals surface area contributed by atoms with Crippen LogP contribution in [-0.2, 0) is 11.3 Å². The van der Waals surface area contributed by atoms with Crippen molar-refractivity contribution in [2.45, 2.75) is 6.54 Å². The van der Waals surface area contributed by atoms with E-state index in [4.69, 9.17) is 4.74 Å². The van der Waals surface area contributed by atoms with Gasteiger partial charge in [0.05, 0.1) is 13.2 Å². The third-order valence-corrected chi connectivity index (χ3v) is 3.96. The summed E-state index contributed by atoms with van der Waals surface area (Å²) >= 11 is 0. The Morgan fingerprint density at radius 3 is 2.00 bits per heavy atom. The first-order valence-corrected chi connectivity index (χ1v) is 6.92. The van der Waals surface area contributed by atoms with Gasteiger partial charge in [-0.1, -0.05) is 48.5 Å². The first kappa shape index (κ1) is 12.4. The van der Waals surface area contributed by atoms with E-state index in [9.17, 15) is 0 Å². The maximum Gasteiger partial charge on any atom is 0.133 e. The molecule has 0 N–H and O–H groups in total. The Morgan fingerprint density at radius 2 is 1.37 bits per heavy atom. The van der Waals surface area contributed by atoms with Crippen LogP contribution < -0.4 is 4.48 Å². The third-order valence-electron chi connectivity index (χ3n) is 3.96. The molecule has 0 atom stereocenters. The van der Waals surface area contributed by atoms with Crippen LogP contribution in [0, 0.1) is 0 Å². The van der Waals surface area contributed by atoms with Crippen LogP contribution in [0.1, 0.15) is 5.56 Å². The topological polar surface area (TPSA) is 9.23 Å². The second kappa shape index (κ2) is 5.55. The van der Waals surface area contributed by atoms with E-state index in [1.54, 1.807) is 0 Å². The molecule has 2 heteroatoms. The second-order valence-electron chi connectivity index (χ2n) is 5.18. The predicted octanol–water partition coefficient (Wildman–Crippen LogP) is 3.22. The Balaban J connectivity index is 1.93. The van der Waals surface area contributed by atoms with E-state index in [2.05, 4.69) is 60.7 Å². The van der Waals surface area contributed by atoms with E-state index in [0.29, 0.717) is 0 Å². The van der Waals surface area contributed by atoms with E-state index in [0.717, 1.165) is 37.3 Å². The van der Waals surface area contributed by atoms with Gasteiger partial charge in [-0.05, 0) is 12.1 Å². The van der Waals surface area contributed by atoms with Crippen molar-refractivity contribution in [1.29, 1.82) is 0 Å². The number of benzene rings is 2. The highest BCUT2D eigenvalue weighted by Crippen LogP contribution is 2.27. The van der Waals surface area contributed by atoms with Crippen LogP contribution >= 0.6 is 0 Å². The molecule has 0 amide bonds. The Bertz CT molecular complexity index is 503. The van der Waals surface area contributed by atoms with Gasteiger partial charge in [0.1, 0.15) is 25.3 Å². The average molecular weight is 254 g/mol.